The number of H-pyrrole nitrogens is 1. The smallest absolute Gasteiger partial charge is 0.277 e. The van der Waals surface area contributed by atoms with Crippen molar-refractivity contribution in [1.82, 2.24) is 24.4 Å². The second-order valence-corrected chi connectivity index (χ2v) is 10.8. The normalized spacial score (nSPS) is 28.3. The summed E-state index contributed by atoms with van der Waals surface area (Å²) < 4.78 is 1.66. The van der Waals surface area contributed by atoms with Gasteiger partial charge in [0, 0.05) is 62.7 Å². The zero-order valence-corrected chi connectivity index (χ0v) is 19.6. The van der Waals surface area contributed by atoms with Crippen LogP contribution in [0.1, 0.15) is 68.3 Å². The molecule has 7 heteroatoms. The predicted molar refractivity (Wildman–Crippen MR) is 127 cm³/mol. The zero-order chi connectivity index (χ0) is 22.5. The zero-order valence-electron chi connectivity index (χ0n) is 19.6. The Labute approximate surface area is 194 Å². The summed E-state index contributed by atoms with van der Waals surface area (Å²) in [7, 11) is 0. The van der Waals surface area contributed by atoms with Crippen LogP contribution < -0.4 is 5.56 Å². The van der Waals surface area contributed by atoms with E-state index >= 15 is 0 Å². The lowest BCUT2D eigenvalue weighted by Gasteiger charge is -2.31. The summed E-state index contributed by atoms with van der Waals surface area (Å²) in [5.74, 6) is 2.21. The van der Waals surface area contributed by atoms with Gasteiger partial charge >= 0.3 is 0 Å². The second-order valence-electron chi connectivity index (χ2n) is 10.8. The Balaban J connectivity index is 1.16. The first kappa shape index (κ1) is 21.1. The van der Waals surface area contributed by atoms with Gasteiger partial charge < -0.3 is 4.90 Å². The van der Waals surface area contributed by atoms with Gasteiger partial charge in [0.25, 0.3) is 5.56 Å². The summed E-state index contributed by atoms with van der Waals surface area (Å²) in [6.45, 7) is 6.55. The second kappa shape index (κ2) is 8.42. The fourth-order valence-corrected chi connectivity index (χ4v) is 6.12. The lowest BCUT2D eigenvalue weighted by Crippen LogP contribution is -2.39. The maximum atomic E-state index is 13.4. The van der Waals surface area contributed by atoms with Gasteiger partial charge in [-0.25, -0.2) is 9.50 Å². The molecule has 2 aliphatic carbocycles. The molecule has 6 rings (SSSR count). The van der Waals surface area contributed by atoms with Crippen molar-refractivity contribution in [2.24, 2.45) is 17.8 Å². The van der Waals surface area contributed by atoms with Crippen LogP contribution in [0.2, 0.25) is 0 Å². The van der Waals surface area contributed by atoms with Gasteiger partial charge in [0.15, 0.2) is 5.65 Å². The summed E-state index contributed by atoms with van der Waals surface area (Å²) in [6.07, 6.45) is 12.0. The Morgan fingerprint density at radius 2 is 2.00 bits per heavy atom. The van der Waals surface area contributed by atoms with Crippen molar-refractivity contribution in [2.45, 2.75) is 64.3 Å². The molecule has 1 amide bonds. The average molecular weight is 450 g/mol. The molecule has 2 fully saturated rings. The van der Waals surface area contributed by atoms with E-state index in [4.69, 9.17) is 4.98 Å². The van der Waals surface area contributed by atoms with Crippen molar-refractivity contribution in [3.05, 3.63) is 45.5 Å². The third kappa shape index (κ3) is 4.05. The standard InChI is InChI=1S/C26H35N5O2/c1-17-13-20(17)25(32)30-11-7-19(8-12-30)23-14-24-27-22-9-10-29(15-18-5-3-2-4-6-18)16-21(22)26(33)31(24)28-23/h2-3,14,17-20,28H,4-13,15-16H2,1H3/t17-,18-,20+/m1/s1. The number of piperidine rings is 1. The number of allylic oxidation sites excluding steroid dienone is 2. The maximum Gasteiger partial charge on any atom is 0.277 e. The van der Waals surface area contributed by atoms with Crippen LogP contribution in [0.25, 0.3) is 5.65 Å². The van der Waals surface area contributed by atoms with Crippen LogP contribution in [-0.2, 0) is 17.8 Å². The Morgan fingerprint density at radius 1 is 1.18 bits per heavy atom. The number of aromatic amines is 1. The van der Waals surface area contributed by atoms with E-state index in [0.29, 0.717) is 30.2 Å². The number of aromatic nitrogens is 3. The molecular formula is C26H35N5O2. The Morgan fingerprint density at radius 3 is 2.73 bits per heavy atom. The van der Waals surface area contributed by atoms with Gasteiger partial charge in [-0.05, 0) is 50.4 Å². The molecule has 0 radical (unpaired) electrons. The summed E-state index contributed by atoms with van der Waals surface area (Å²) in [6, 6.07) is 2.06. The average Bonchev–Trinajstić information content (AvgIpc) is 3.42. The van der Waals surface area contributed by atoms with Crippen molar-refractivity contribution in [1.29, 1.82) is 0 Å². The fraction of sp³-hybridized carbons (Fsp3) is 0.654. The molecule has 0 aromatic carbocycles. The molecule has 4 heterocycles. The van der Waals surface area contributed by atoms with Gasteiger partial charge in [0.1, 0.15) is 0 Å². The van der Waals surface area contributed by atoms with Crippen LogP contribution in [-0.4, -0.2) is 56.5 Å². The minimum Gasteiger partial charge on any atom is -0.342 e. The van der Waals surface area contributed by atoms with Gasteiger partial charge in [-0.15, -0.1) is 0 Å². The van der Waals surface area contributed by atoms with Gasteiger partial charge in [-0.1, -0.05) is 19.1 Å². The highest BCUT2D eigenvalue weighted by Gasteiger charge is 2.42. The van der Waals surface area contributed by atoms with Crippen molar-refractivity contribution in [3.8, 4) is 0 Å². The summed E-state index contributed by atoms with van der Waals surface area (Å²) in [4.78, 5) is 35.3. The third-order valence-corrected chi connectivity index (χ3v) is 8.43. The Bertz CT molecular complexity index is 1140. The molecule has 1 N–H and O–H groups in total. The van der Waals surface area contributed by atoms with E-state index in [1.165, 1.54) is 12.8 Å². The highest BCUT2D eigenvalue weighted by atomic mass is 16.2. The minimum atomic E-state index is 0.0600. The summed E-state index contributed by atoms with van der Waals surface area (Å²) >= 11 is 0. The molecule has 4 aliphatic rings. The van der Waals surface area contributed by atoms with E-state index in [2.05, 4.69) is 35.1 Å². The SMILES string of the molecule is C[C@@H]1C[C@@H]1C(=O)N1CCC(c2cc3nc4c(c(=O)n3[nH]2)CN(C[C@@H]2CC=CCC2)CC4)CC1. The van der Waals surface area contributed by atoms with Crippen LogP contribution in [0.15, 0.2) is 23.0 Å². The first-order valence-electron chi connectivity index (χ1n) is 12.9. The van der Waals surface area contributed by atoms with Crippen LogP contribution in [0.5, 0.6) is 0 Å². The number of nitrogens with one attached hydrogen (secondary N) is 1. The molecule has 0 spiro atoms. The van der Waals surface area contributed by atoms with Crippen LogP contribution in [0.3, 0.4) is 0 Å². The van der Waals surface area contributed by atoms with Gasteiger partial charge in [0.2, 0.25) is 5.91 Å². The molecule has 1 saturated heterocycles. The Hall–Kier alpha value is -2.41. The number of carbonyl (C=O) groups is 1. The van der Waals surface area contributed by atoms with E-state index in [-0.39, 0.29) is 11.5 Å². The van der Waals surface area contributed by atoms with Crippen molar-refractivity contribution >= 4 is 11.6 Å². The van der Waals surface area contributed by atoms with E-state index in [1.807, 2.05) is 4.90 Å². The lowest BCUT2D eigenvalue weighted by molar-refractivity contribution is -0.133. The molecule has 7 nitrogen and oxygen atoms in total. The van der Waals surface area contributed by atoms with Crippen molar-refractivity contribution < 1.29 is 4.79 Å². The molecule has 2 aromatic heterocycles. The number of hydrogen-bond donors (Lipinski definition) is 1. The number of rotatable bonds is 4. The number of carbonyl (C=O) groups excluding carboxylic acids is 1. The predicted octanol–water partition coefficient (Wildman–Crippen LogP) is 3.10. The molecule has 2 aliphatic heterocycles. The fourth-order valence-electron chi connectivity index (χ4n) is 6.12. The maximum absolute atomic E-state index is 13.4. The van der Waals surface area contributed by atoms with Crippen LogP contribution >= 0.6 is 0 Å². The largest absolute Gasteiger partial charge is 0.342 e. The van der Waals surface area contributed by atoms with E-state index in [1.54, 1.807) is 4.52 Å². The summed E-state index contributed by atoms with van der Waals surface area (Å²) in [5.41, 5.74) is 3.72. The molecule has 0 unspecified atom stereocenters. The highest BCUT2D eigenvalue weighted by molar-refractivity contribution is 5.81. The molecule has 2 aromatic rings. The number of amides is 1. The van der Waals surface area contributed by atoms with Gasteiger partial charge in [-0.2, -0.15) is 0 Å². The summed E-state index contributed by atoms with van der Waals surface area (Å²) in [5, 5.41) is 3.38. The minimum absolute atomic E-state index is 0.0600. The molecule has 1 saturated carbocycles. The molecule has 0 bridgehead atoms. The van der Waals surface area contributed by atoms with E-state index in [0.717, 1.165) is 80.9 Å². The number of likely N-dealkylation sites (tertiary alicyclic amines) is 1. The van der Waals surface area contributed by atoms with Crippen LogP contribution in [0.4, 0.5) is 0 Å². The van der Waals surface area contributed by atoms with Crippen molar-refractivity contribution in [2.75, 3.05) is 26.2 Å². The first-order chi connectivity index (χ1) is 16.1. The van der Waals surface area contributed by atoms with Gasteiger partial charge in [0.05, 0.1) is 11.3 Å². The number of hydrogen-bond acceptors (Lipinski definition) is 4. The molecule has 33 heavy (non-hydrogen) atoms. The monoisotopic (exact) mass is 449 g/mol. The first-order valence-corrected chi connectivity index (χ1v) is 12.9. The number of fused-ring (bicyclic) bond motifs is 2. The molecular weight excluding hydrogens is 414 g/mol. The third-order valence-electron chi connectivity index (χ3n) is 8.43. The van der Waals surface area contributed by atoms with Crippen molar-refractivity contribution in [3.63, 3.8) is 0 Å². The number of nitrogens with zero attached hydrogens (tertiary/aromatic N) is 4. The quantitative estimate of drug-likeness (QED) is 0.728. The molecule has 176 valence electrons. The molecule has 3 atom stereocenters. The van der Waals surface area contributed by atoms with Crippen LogP contribution in [0, 0.1) is 17.8 Å². The van der Waals surface area contributed by atoms with E-state index in [9.17, 15) is 9.59 Å². The van der Waals surface area contributed by atoms with E-state index < -0.39 is 0 Å². The highest BCUT2D eigenvalue weighted by Crippen LogP contribution is 2.40. The van der Waals surface area contributed by atoms with Gasteiger partial charge in [-0.3, -0.25) is 19.6 Å². The topological polar surface area (TPSA) is 73.7 Å². The Kier molecular flexibility index (Phi) is 5.40. The lowest BCUT2D eigenvalue weighted by atomic mass is 9.93.